The number of rotatable bonds is 3. The van der Waals surface area contributed by atoms with Gasteiger partial charge in [0.25, 0.3) is 0 Å². The van der Waals surface area contributed by atoms with Crippen LogP contribution in [0.15, 0.2) is 60.2 Å². The molecule has 0 heterocycles. The molecule has 0 aliphatic carbocycles. The smallest absolute Gasteiger partial charge is 0.137 e. The summed E-state index contributed by atoms with van der Waals surface area (Å²) in [5.41, 5.74) is 2.28. The van der Waals surface area contributed by atoms with Crippen LogP contribution in [0, 0.1) is 22.7 Å². The van der Waals surface area contributed by atoms with E-state index >= 15 is 0 Å². The molecular weight excluding hydrogens is 315 g/mol. The highest BCUT2D eigenvalue weighted by Crippen LogP contribution is 2.23. The monoisotopic (exact) mass is 324 g/mol. The molecule has 2 aromatic carbocycles. The molecule has 0 aromatic heterocycles. The minimum atomic E-state index is 0.0486. The van der Waals surface area contributed by atoms with Gasteiger partial charge in [-0.2, -0.15) is 10.5 Å². The number of hydrogen-bond donors (Lipinski definition) is 0. The van der Waals surface area contributed by atoms with Crippen LogP contribution < -0.4 is 0 Å². The molecule has 0 bridgehead atoms. The van der Waals surface area contributed by atoms with Gasteiger partial charge in [0, 0.05) is 15.6 Å². The fourth-order valence-corrected chi connectivity index (χ4v) is 2.10. The Morgan fingerprint density at radius 3 is 1.82 bits per heavy atom. The van der Waals surface area contributed by atoms with E-state index in [1.807, 2.05) is 30.3 Å². The van der Waals surface area contributed by atoms with Gasteiger partial charge in [-0.05, 0) is 35.4 Å². The zero-order valence-corrected chi connectivity index (χ0v) is 12.9. The molecule has 22 heavy (non-hydrogen) atoms. The SMILES string of the molecule is N#CC(C#N)=C(/C=C/c1ccc(Cl)cc1)c1ccc(Cl)cc1. The van der Waals surface area contributed by atoms with Crippen molar-refractivity contribution < 1.29 is 0 Å². The first-order chi connectivity index (χ1) is 10.6. The highest BCUT2D eigenvalue weighted by molar-refractivity contribution is 6.30. The van der Waals surface area contributed by atoms with Crippen molar-refractivity contribution in [3.63, 3.8) is 0 Å². The predicted molar refractivity (Wildman–Crippen MR) is 90.1 cm³/mol. The number of allylic oxidation sites excluding steroid dienone is 3. The Morgan fingerprint density at radius 1 is 0.818 bits per heavy atom. The van der Waals surface area contributed by atoms with Gasteiger partial charge in [-0.15, -0.1) is 0 Å². The lowest BCUT2D eigenvalue weighted by molar-refractivity contribution is 1.46. The van der Waals surface area contributed by atoms with Crippen molar-refractivity contribution in [1.29, 1.82) is 10.5 Å². The van der Waals surface area contributed by atoms with E-state index < -0.39 is 0 Å². The Morgan fingerprint density at radius 2 is 1.32 bits per heavy atom. The number of nitriles is 2. The van der Waals surface area contributed by atoms with Crippen LogP contribution in [0.3, 0.4) is 0 Å². The van der Waals surface area contributed by atoms with Crippen molar-refractivity contribution in [3.05, 3.63) is 81.4 Å². The second kappa shape index (κ2) is 7.48. The predicted octanol–water partition coefficient (Wildman–Crippen LogP) is 5.51. The number of hydrogen-bond acceptors (Lipinski definition) is 2. The highest BCUT2D eigenvalue weighted by Gasteiger charge is 2.06. The summed E-state index contributed by atoms with van der Waals surface area (Å²) < 4.78 is 0. The van der Waals surface area contributed by atoms with Crippen LogP contribution in [0.25, 0.3) is 11.6 Å². The molecule has 0 saturated heterocycles. The van der Waals surface area contributed by atoms with Crippen molar-refractivity contribution in [3.8, 4) is 12.1 Å². The van der Waals surface area contributed by atoms with Gasteiger partial charge in [0.2, 0.25) is 0 Å². The van der Waals surface area contributed by atoms with E-state index in [0.717, 1.165) is 11.1 Å². The quantitative estimate of drug-likeness (QED) is 0.552. The fourth-order valence-electron chi connectivity index (χ4n) is 1.85. The van der Waals surface area contributed by atoms with Crippen LogP contribution in [0.4, 0.5) is 0 Å². The van der Waals surface area contributed by atoms with Crippen LogP contribution in [0.1, 0.15) is 11.1 Å². The molecule has 0 N–H and O–H groups in total. The Hall–Kier alpha value is -2.52. The summed E-state index contributed by atoms with van der Waals surface area (Å²) in [4.78, 5) is 0. The molecule has 0 unspecified atom stereocenters. The molecule has 4 heteroatoms. The lowest BCUT2D eigenvalue weighted by Crippen LogP contribution is -1.86. The van der Waals surface area contributed by atoms with Crippen molar-refractivity contribution >= 4 is 34.9 Å². The van der Waals surface area contributed by atoms with Crippen molar-refractivity contribution in [1.82, 2.24) is 0 Å². The molecule has 2 aromatic rings. The second-order valence-electron chi connectivity index (χ2n) is 4.40. The molecule has 0 saturated carbocycles. The Labute approximate surface area is 139 Å². The fraction of sp³-hybridized carbons (Fsp3) is 0. The topological polar surface area (TPSA) is 47.6 Å². The third-order valence-corrected chi connectivity index (χ3v) is 3.46. The van der Waals surface area contributed by atoms with Crippen LogP contribution in [0.5, 0.6) is 0 Å². The summed E-state index contributed by atoms with van der Waals surface area (Å²) in [6.07, 6.45) is 3.57. The van der Waals surface area contributed by atoms with E-state index in [-0.39, 0.29) is 5.57 Å². The maximum absolute atomic E-state index is 9.14. The van der Waals surface area contributed by atoms with Gasteiger partial charge in [0.05, 0.1) is 0 Å². The van der Waals surface area contributed by atoms with Crippen LogP contribution >= 0.6 is 23.2 Å². The summed E-state index contributed by atoms with van der Waals surface area (Å²) in [5, 5.41) is 19.5. The minimum absolute atomic E-state index is 0.0486. The third kappa shape index (κ3) is 3.99. The first-order valence-electron chi connectivity index (χ1n) is 6.38. The van der Waals surface area contributed by atoms with Gasteiger partial charge >= 0.3 is 0 Å². The summed E-state index contributed by atoms with van der Waals surface area (Å²) in [7, 11) is 0. The summed E-state index contributed by atoms with van der Waals surface area (Å²) in [6.45, 7) is 0. The molecule has 0 spiro atoms. The number of benzene rings is 2. The molecule has 0 aliphatic rings. The maximum Gasteiger partial charge on any atom is 0.137 e. The first-order valence-corrected chi connectivity index (χ1v) is 7.13. The van der Waals surface area contributed by atoms with Gasteiger partial charge in [-0.1, -0.05) is 59.6 Å². The standard InChI is InChI=1S/C18H10Cl2N2/c19-16-6-1-13(2-7-16)3-10-18(15(11-21)12-22)14-4-8-17(20)9-5-14/h1-10H/b10-3+. The van der Waals surface area contributed by atoms with E-state index in [1.165, 1.54) is 0 Å². The lowest BCUT2D eigenvalue weighted by atomic mass is 9.99. The van der Waals surface area contributed by atoms with Gasteiger partial charge in [0.1, 0.15) is 17.7 Å². The number of halogens is 2. The zero-order valence-electron chi connectivity index (χ0n) is 11.4. The van der Waals surface area contributed by atoms with E-state index in [0.29, 0.717) is 15.6 Å². The highest BCUT2D eigenvalue weighted by atomic mass is 35.5. The molecular formula is C18H10Cl2N2. The van der Waals surface area contributed by atoms with Gasteiger partial charge < -0.3 is 0 Å². The molecule has 0 amide bonds. The zero-order chi connectivity index (χ0) is 15.9. The molecule has 0 atom stereocenters. The van der Waals surface area contributed by atoms with Crippen LogP contribution in [-0.2, 0) is 0 Å². The van der Waals surface area contributed by atoms with E-state index in [4.69, 9.17) is 33.7 Å². The Balaban J connectivity index is 2.45. The number of nitrogens with zero attached hydrogens (tertiary/aromatic N) is 2. The van der Waals surface area contributed by atoms with Gasteiger partial charge in [-0.3, -0.25) is 0 Å². The van der Waals surface area contributed by atoms with E-state index in [9.17, 15) is 0 Å². The maximum atomic E-state index is 9.14. The normalized spacial score (nSPS) is 10.0. The summed E-state index contributed by atoms with van der Waals surface area (Å²) in [5.74, 6) is 0. The molecule has 2 rings (SSSR count). The van der Waals surface area contributed by atoms with Crippen LogP contribution in [-0.4, -0.2) is 0 Å². The molecule has 106 valence electrons. The summed E-state index contributed by atoms with van der Waals surface area (Å²) >= 11 is 11.7. The average Bonchev–Trinajstić information content (AvgIpc) is 2.54. The Kier molecular flexibility index (Phi) is 5.39. The first kappa shape index (κ1) is 15.9. The van der Waals surface area contributed by atoms with Crippen LogP contribution in [0.2, 0.25) is 10.0 Å². The molecule has 0 fully saturated rings. The van der Waals surface area contributed by atoms with E-state index in [1.54, 1.807) is 42.5 Å². The van der Waals surface area contributed by atoms with Crippen molar-refractivity contribution in [2.45, 2.75) is 0 Å². The third-order valence-electron chi connectivity index (χ3n) is 2.96. The molecule has 0 radical (unpaired) electrons. The largest absolute Gasteiger partial charge is 0.192 e. The molecule has 0 aliphatic heterocycles. The van der Waals surface area contributed by atoms with E-state index in [2.05, 4.69) is 0 Å². The minimum Gasteiger partial charge on any atom is -0.192 e. The Bertz CT molecular complexity index is 786. The van der Waals surface area contributed by atoms with Gasteiger partial charge in [0.15, 0.2) is 0 Å². The van der Waals surface area contributed by atoms with Crippen molar-refractivity contribution in [2.75, 3.05) is 0 Å². The molecule has 2 nitrogen and oxygen atoms in total. The van der Waals surface area contributed by atoms with Crippen molar-refractivity contribution in [2.24, 2.45) is 0 Å². The summed E-state index contributed by atoms with van der Waals surface area (Å²) in [6, 6.07) is 18.1. The van der Waals surface area contributed by atoms with Gasteiger partial charge in [-0.25, -0.2) is 0 Å². The lowest BCUT2D eigenvalue weighted by Gasteiger charge is -2.03. The second-order valence-corrected chi connectivity index (χ2v) is 5.28. The average molecular weight is 325 g/mol.